The van der Waals surface area contributed by atoms with E-state index in [2.05, 4.69) is 0 Å². The lowest BCUT2D eigenvalue weighted by molar-refractivity contribution is -0.137. The lowest BCUT2D eigenvalue weighted by atomic mass is 10.2. The van der Waals surface area contributed by atoms with E-state index in [4.69, 9.17) is 9.47 Å². The van der Waals surface area contributed by atoms with Gasteiger partial charge in [-0.05, 0) is 24.3 Å². The lowest BCUT2D eigenvalue weighted by Gasteiger charge is -2.24. The Labute approximate surface area is 110 Å². The standard InChI is InChI=1S/C13H18F3NO2/c1-18-9-7-17(8-10-19-2)12-5-3-11(4-6-12)13(14,15)16/h3-6H,7-10H2,1-2H3. The van der Waals surface area contributed by atoms with Crippen LogP contribution in [0.4, 0.5) is 18.9 Å². The molecule has 0 heterocycles. The molecule has 1 aromatic rings. The predicted octanol–water partition coefficient (Wildman–Crippen LogP) is 2.80. The number of hydrogen-bond acceptors (Lipinski definition) is 3. The minimum absolute atomic E-state index is 0.505. The number of alkyl halides is 3. The number of hydrogen-bond donors (Lipinski definition) is 0. The van der Waals surface area contributed by atoms with Crippen molar-refractivity contribution >= 4 is 5.69 Å². The minimum atomic E-state index is -4.30. The molecule has 0 aliphatic carbocycles. The van der Waals surface area contributed by atoms with Crippen molar-refractivity contribution in [1.29, 1.82) is 0 Å². The molecule has 0 saturated carbocycles. The largest absolute Gasteiger partial charge is 0.416 e. The molecule has 0 aliphatic heterocycles. The first-order valence-corrected chi connectivity index (χ1v) is 5.89. The van der Waals surface area contributed by atoms with E-state index in [1.165, 1.54) is 12.1 Å². The Kier molecular flexibility index (Phi) is 6.11. The summed E-state index contributed by atoms with van der Waals surface area (Å²) < 4.78 is 47.4. The molecule has 1 aromatic carbocycles. The molecule has 1 rings (SSSR count). The van der Waals surface area contributed by atoms with Crippen molar-refractivity contribution in [3.8, 4) is 0 Å². The second kappa shape index (κ2) is 7.35. The number of halogens is 3. The molecule has 3 nitrogen and oxygen atoms in total. The fourth-order valence-corrected chi connectivity index (χ4v) is 1.63. The third kappa shape index (κ3) is 5.08. The van der Waals surface area contributed by atoms with Crippen molar-refractivity contribution in [2.45, 2.75) is 6.18 Å². The lowest BCUT2D eigenvalue weighted by Crippen LogP contribution is -2.30. The molecule has 0 bridgehead atoms. The van der Waals surface area contributed by atoms with Crippen molar-refractivity contribution in [3.63, 3.8) is 0 Å². The summed E-state index contributed by atoms with van der Waals surface area (Å²) in [6, 6.07) is 5.10. The fraction of sp³-hybridized carbons (Fsp3) is 0.538. The Morgan fingerprint density at radius 3 is 1.79 bits per heavy atom. The SMILES string of the molecule is COCCN(CCOC)c1ccc(C(F)(F)F)cc1. The molecular formula is C13H18F3NO2. The van der Waals surface area contributed by atoms with Crippen molar-refractivity contribution in [1.82, 2.24) is 0 Å². The number of benzene rings is 1. The maximum atomic E-state index is 12.5. The second-order valence-corrected chi connectivity index (χ2v) is 4.02. The van der Waals surface area contributed by atoms with Crippen LogP contribution in [0.5, 0.6) is 0 Å². The molecule has 0 N–H and O–H groups in total. The second-order valence-electron chi connectivity index (χ2n) is 4.02. The van der Waals surface area contributed by atoms with Crippen molar-refractivity contribution < 1.29 is 22.6 Å². The highest BCUT2D eigenvalue weighted by Crippen LogP contribution is 2.30. The zero-order chi connectivity index (χ0) is 14.3. The molecule has 0 amide bonds. The Balaban J connectivity index is 2.78. The smallest absolute Gasteiger partial charge is 0.383 e. The number of rotatable bonds is 7. The average molecular weight is 277 g/mol. The van der Waals surface area contributed by atoms with Gasteiger partial charge in [-0.2, -0.15) is 13.2 Å². The monoisotopic (exact) mass is 277 g/mol. The van der Waals surface area contributed by atoms with Crippen LogP contribution in [0.1, 0.15) is 5.56 Å². The van der Waals surface area contributed by atoms with Gasteiger partial charge in [0.1, 0.15) is 0 Å². The highest BCUT2D eigenvalue weighted by molar-refractivity contribution is 5.48. The average Bonchev–Trinajstić information content (AvgIpc) is 2.38. The first-order chi connectivity index (χ1) is 8.99. The van der Waals surface area contributed by atoms with Crippen LogP contribution < -0.4 is 4.90 Å². The van der Waals surface area contributed by atoms with Gasteiger partial charge in [0.15, 0.2) is 0 Å². The van der Waals surface area contributed by atoms with E-state index in [9.17, 15) is 13.2 Å². The minimum Gasteiger partial charge on any atom is -0.383 e. The highest BCUT2D eigenvalue weighted by atomic mass is 19.4. The van der Waals surface area contributed by atoms with Gasteiger partial charge in [0, 0.05) is 33.0 Å². The molecule has 108 valence electrons. The van der Waals surface area contributed by atoms with Crippen LogP contribution >= 0.6 is 0 Å². The van der Waals surface area contributed by atoms with Gasteiger partial charge < -0.3 is 14.4 Å². The van der Waals surface area contributed by atoms with Crippen molar-refractivity contribution in [2.24, 2.45) is 0 Å². The summed E-state index contributed by atoms with van der Waals surface area (Å²) in [7, 11) is 3.17. The Bertz CT molecular complexity index is 357. The van der Waals surface area contributed by atoms with Gasteiger partial charge in [-0.3, -0.25) is 0 Å². The molecule has 0 unspecified atom stereocenters. The highest BCUT2D eigenvalue weighted by Gasteiger charge is 2.30. The van der Waals surface area contributed by atoms with Crippen LogP contribution in [0.25, 0.3) is 0 Å². The molecule has 0 spiro atoms. The van der Waals surface area contributed by atoms with Gasteiger partial charge in [0.25, 0.3) is 0 Å². The number of nitrogens with zero attached hydrogens (tertiary/aromatic N) is 1. The van der Waals surface area contributed by atoms with E-state index >= 15 is 0 Å². The third-order valence-corrected chi connectivity index (χ3v) is 2.69. The van der Waals surface area contributed by atoms with Gasteiger partial charge in [-0.25, -0.2) is 0 Å². The molecule has 0 atom stereocenters. The fourth-order valence-electron chi connectivity index (χ4n) is 1.63. The van der Waals surface area contributed by atoms with Crippen molar-refractivity contribution in [2.75, 3.05) is 45.4 Å². The molecule has 6 heteroatoms. The van der Waals surface area contributed by atoms with Crippen LogP contribution in [-0.2, 0) is 15.7 Å². The Morgan fingerprint density at radius 1 is 0.947 bits per heavy atom. The maximum Gasteiger partial charge on any atom is 0.416 e. The molecule has 0 aromatic heterocycles. The molecule has 0 fully saturated rings. The summed E-state index contributed by atoms with van der Waals surface area (Å²) in [4.78, 5) is 1.92. The van der Waals surface area contributed by atoms with Gasteiger partial charge in [0.05, 0.1) is 18.8 Å². The van der Waals surface area contributed by atoms with Gasteiger partial charge >= 0.3 is 6.18 Å². The van der Waals surface area contributed by atoms with Crippen LogP contribution in [0.15, 0.2) is 24.3 Å². The third-order valence-electron chi connectivity index (χ3n) is 2.69. The van der Waals surface area contributed by atoms with E-state index in [1.54, 1.807) is 14.2 Å². The summed E-state index contributed by atoms with van der Waals surface area (Å²) >= 11 is 0. The van der Waals surface area contributed by atoms with E-state index in [0.29, 0.717) is 26.3 Å². The van der Waals surface area contributed by atoms with Crippen LogP contribution in [0, 0.1) is 0 Å². The first kappa shape index (κ1) is 15.8. The first-order valence-electron chi connectivity index (χ1n) is 5.89. The number of anilines is 1. The Hall–Kier alpha value is -1.27. The topological polar surface area (TPSA) is 21.7 Å². The van der Waals surface area contributed by atoms with Crippen LogP contribution in [0.3, 0.4) is 0 Å². The van der Waals surface area contributed by atoms with E-state index in [1.807, 2.05) is 4.90 Å². The number of methoxy groups -OCH3 is 2. The molecule has 0 aliphatic rings. The molecule has 19 heavy (non-hydrogen) atoms. The summed E-state index contributed by atoms with van der Waals surface area (Å²) in [6.07, 6.45) is -4.30. The van der Waals surface area contributed by atoms with Gasteiger partial charge in [-0.1, -0.05) is 0 Å². The van der Waals surface area contributed by atoms with Gasteiger partial charge in [0.2, 0.25) is 0 Å². The van der Waals surface area contributed by atoms with E-state index < -0.39 is 11.7 Å². The zero-order valence-electron chi connectivity index (χ0n) is 11.0. The maximum absolute atomic E-state index is 12.5. The Morgan fingerprint density at radius 2 is 1.42 bits per heavy atom. The van der Waals surface area contributed by atoms with Crippen molar-refractivity contribution in [3.05, 3.63) is 29.8 Å². The normalized spacial score (nSPS) is 11.6. The van der Waals surface area contributed by atoms with E-state index in [-0.39, 0.29) is 0 Å². The van der Waals surface area contributed by atoms with Crippen LogP contribution in [-0.4, -0.2) is 40.5 Å². The molecular weight excluding hydrogens is 259 g/mol. The predicted molar refractivity (Wildman–Crippen MR) is 67.4 cm³/mol. The summed E-state index contributed by atoms with van der Waals surface area (Å²) in [5.41, 5.74) is 0.0804. The molecule has 0 radical (unpaired) electrons. The number of ether oxygens (including phenoxy) is 2. The quantitative estimate of drug-likeness (QED) is 0.765. The summed E-state index contributed by atoms with van der Waals surface area (Å²) in [5.74, 6) is 0. The van der Waals surface area contributed by atoms with E-state index in [0.717, 1.165) is 17.8 Å². The summed E-state index contributed by atoms with van der Waals surface area (Å²) in [6.45, 7) is 2.21. The molecule has 0 saturated heterocycles. The van der Waals surface area contributed by atoms with Crippen LogP contribution in [0.2, 0.25) is 0 Å². The summed E-state index contributed by atoms with van der Waals surface area (Å²) in [5, 5.41) is 0. The zero-order valence-corrected chi connectivity index (χ0v) is 11.0. The van der Waals surface area contributed by atoms with Gasteiger partial charge in [-0.15, -0.1) is 0 Å².